The number of nitrogens with one attached hydrogen (secondary N) is 1. The lowest BCUT2D eigenvalue weighted by atomic mass is 10.0. The molecule has 0 spiro atoms. The van der Waals surface area contributed by atoms with Gasteiger partial charge in [0.1, 0.15) is 12.0 Å². The van der Waals surface area contributed by atoms with E-state index >= 15 is 0 Å². The molecule has 4 aromatic rings. The van der Waals surface area contributed by atoms with Gasteiger partial charge in [0.05, 0.1) is 17.9 Å². The van der Waals surface area contributed by atoms with Crippen LogP contribution in [-0.2, 0) is 6.54 Å². The lowest BCUT2D eigenvalue weighted by Gasteiger charge is -2.04. The smallest absolute Gasteiger partial charge is 0.269 e. The number of hydrogen-bond donors (Lipinski definition) is 1. The van der Waals surface area contributed by atoms with Crippen LogP contribution in [0.4, 0.5) is 0 Å². The molecule has 0 saturated heterocycles. The van der Waals surface area contributed by atoms with E-state index in [1.807, 2.05) is 16.0 Å². The maximum atomic E-state index is 12.6. The van der Waals surface area contributed by atoms with Crippen molar-refractivity contribution >= 4 is 22.2 Å². The highest BCUT2D eigenvalue weighted by Crippen LogP contribution is 2.27. The number of carbonyl (C=O) groups excluding carboxylic acids is 1. The number of aromatic nitrogens is 4. The maximum absolute atomic E-state index is 12.6. The third-order valence-electron chi connectivity index (χ3n) is 4.18. The van der Waals surface area contributed by atoms with Crippen molar-refractivity contribution < 1.29 is 4.79 Å². The quantitative estimate of drug-likeness (QED) is 0.603. The molecule has 7 heteroatoms. The zero-order valence-electron chi connectivity index (χ0n) is 14.4. The highest BCUT2D eigenvalue weighted by atomic mass is 32.1. The summed E-state index contributed by atoms with van der Waals surface area (Å²) in [6, 6.07) is 8.08. The Morgan fingerprint density at radius 2 is 2.15 bits per heavy atom. The Balaban J connectivity index is 1.62. The number of benzene rings is 1. The summed E-state index contributed by atoms with van der Waals surface area (Å²) in [5.41, 5.74) is 5.65. The summed E-state index contributed by atoms with van der Waals surface area (Å²) in [6.45, 7) is 4.49. The van der Waals surface area contributed by atoms with Gasteiger partial charge in [-0.25, -0.2) is 15.0 Å². The van der Waals surface area contributed by atoms with E-state index in [0.717, 1.165) is 27.5 Å². The maximum Gasteiger partial charge on any atom is 0.269 e. The van der Waals surface area contributed by atoms with Gasteiger partial charge in [-0.15, -0.1) is 11.3 Å². The standard InChI is InChI=1S/C19H17N5OS/c1-12-3-4-13(2)15(7-12)16-9-24-17(10-26-19(24)23-16)18(25)21-8-14-5-6-20-11-22-14/h3-7,9-11H,8H2,1-2H3,(H,21,25). The Bertz CT molecular complexity index is 1080. The van der Waals surface area contributed by atoms with Gasteiger partial charge in [0.15, 0.2) is 4.96 Å². The van der Waals surface area contributed by atoms with Crippen molar-refractivity contribution in [3.8, 4) is 11.3 Å². The van der Waals surface area contributed by atoms with Gasteiger partial charge in [0.2, 0.25) is 0 Å². The van der Waals surface area contributed by atoms with Crippen molar-refractivity contribution in [3.63, 3.8) is 0 Å². The molecule has 1 amide bonds. The predicted molar refractivity (Wildman–Crippen MR) is 101 cm³/mol. The molecule has 0 aliphatic heterocycles. The monoisotopic (exact) mass is 363 g/mol. The average Bonchev–Trinajstić information content (AvgIpc) is 3.23. The molecule has 3 heterocycles. The van der Waals surface area contributed by atoms with Gasteiger partial charge in [0, 0.05) is 23.3 Å². The van der Waals surface area contributed by atoms with E-state index in [0.29, 0.717) is 12.2 Å². The van der Waals surface area contributed by atoms with Crippen molar-refractivity contribution in [3.05, 3.63) is 70.9 Å². The van der Waals surface area contributed by atoms with Crippen LogP contribution in [0.1, 0.15) is 27.3 Å². The van der Waals surface area contributed by atoms with E-state index < -0.39 is 0 Å². The van der Waals surface area contributed by atoms with Crippen molar-refractivity contribution in [2.24, 2.45) is 0 Å². The van der Waals surface area contributed by atoms with Gasteiger partial charge >= 0.3 is 0 Å². The molecule has 0 unspecified atom stereocenters. The van der Waals surface area contributed by atoms with E-state index in [4.69, 9.17) is 0 Å². The summed E-state index contributed by atoms with van der Waals surface area (Å²) < 4.78 is 1.84. The van der Waals surface area contributed by atoms with Crippen molar-refractivity contribution in [2.45, 2.75) is 20.4 Å². The van der Waals surface area contributed by atoms with E-state index in [2.05, 4.69) is 52.3 Å². The number of carbonyl (C=O) groups is 1. The van der Waals surface area contributed by atoms with Crippen LogP contribution in [0.5, 0.6) is 0 Å². The summed E-state index contributed by atoms with van der Waals surface area (Å²) in [5.74, 6) is -0.153. The van der Waals surface area contributed by atoms with Gasteiger partial charge in [-0.1, -0.05) is 17.7 Å². The van der Waals surface area contributed by atoms with Crippen LogP contribution in [-0.4, -0.2) is 25.3 Å². The zero-order chi connectivity index (χ0) is 18.1. The predicted octanol–water partition coefficient (Wildman–Crippen LogP) is 3.40. The molecule has 0 fully saturated rings. The molecule has 130 valence electrons. The summed E-state index contributed by atoms with van der Waals surface area (Å²) >= 11 is 1.45. The Labute approximate surface area is 154 Å². The summed E-state index contributed by atoms with van der Waals surface area (Å²) in [6.07, 6.45) is 5.05. The van der Waals surface area contributed by atoms with E-state index in [1.54, 1.807) is 12.3 Å². The second-order valence-electron chi connectivity index (χ2n) is 6.10. The van der Waals surface area contributed by atoms with Crippen molar-refractivity contribution in [2.75, 3.05) is 0 Å². The first kappa shape index (κ1) is 16.4. The van der Waals surface area contributed by atoms with Gasteiger partial charge < -0.3 is 5.32 Å². The van der Waals surface area contributed by atoms with Crippen LogP contribution in [0.3, 0.4) is 0 Å². The normalized spacial score (nSPS) is 11.0. The molecule has 1 N–H and O–H groups in total. The molecule has 4 rings (SSSR count). The summed E-state index contributed by atoms with van der Waals surface area (Å²) in [7, 11) is 0. The van der Waals surface area contributed by atoms with E-state index in [9.17, 15) is 4.79 Å². The highest BCUT2D eigenvalue weighted by molar-refractivity contribution is 7.15. The second-order valence-corrected chi connectivity index (χ2v) is 6.94. The molecular weight excluding hydrogens is 346 g/mol. The fraction of sp³-hybridized carbons (Fsp3) is 0.158. The topological polar surface area (TPSA) is 72.2 Å². The number of thiazole rings is 1. The summed E-state index contributed by atoms with van der Waals surface area (Å²) in [4.78, 5) is 26.0. The zero-order valence-corrected chi connectivity index (χ0v) is 15.2. The minimum absolute atomic E-state index is 0.153. The molecule has 0 saturated carbocycles. The first-order chi connectivity index (χ1) is 12.6. The Kier molecular flexibility index (Phi) is 4.22. The molecule has 0 aliphatic rings. The molecular formula is C19H17N5OS. The summed E-state index contributed by atoms with van der Waals surface area (Å²) in [5, 5.41) is 4.72. The molecule has 1 aromatic carbocycles. The largest absolute Gasteiger partial charge is 0.345 e. The van der Waals surface area contributed by atoms with Gasteiger partial charge in [-0.05, 0) is 31.5 Å². The van der Waals surface area contributed by atoms with Gasteiger partial charge in [-0.3, -0.25) is 9.20 Å². The van der Waals surface area contributed by atoms with Crippen LogP contribution < -0.4 is 5.32 Å². The molecule has 0 bridgehead atoms. The van der Waals surface area contributed by atoms with Crippen LogP contribution in [0.2, 0.25) is 0 Å². The van der Waals surface area contributed by atoms with Gasteiger partial charge in [-0.2, -0.15) is 0 Å². The molecule has 6 nitrogen and oxygen atoms in total. The fourth-order valence-electron chi connectivity index (χ4n) is 2.77. The minimum atomic E-state index is -0.153. The molecule has 0 radical (unpaired) electrons. The van der Waals surface area contributed by atoms with Crippen LogP contribution in [0.25, 0.3) is 16.2 Å². The number of imidazole rings is 1. The van der Waals surface area contributed by atoms with Crippen molar-refractivity contribution in [1.82, 2.24) is 24.7 Å². The SMILES string of the molecule is Cc1ccc(C)c(-c2cn3c(C(=O)NCc4ccncn4)csc3n2)c1. The molecule has 0 aliphatic carbocycles. The highest BCUT2D eigenvalue weighted by Gasteiger charge is 2.16. The van der Waals surface area contributed by atoms with E-state index in [-0.39, 0.29) is 5.91 Å². The number of aryl methyl sites for hydroxylation is 2. The van der Waals surface area contributed by atoms with Crippen LogP contribution >= 0.6 is 11.3 Å². The second kappa shape index (κ2) is 6.68. The number of amides is 1. The first-order valence-electron chi connectivity index (χ1n) is 8.19. The Morgan fingerprint density at radius 1 is 1.27 bits per heavy atom. The lowest BCUT2D eigenvalue weighted by Crippen LogP contribution is -2.24. The van der Waals surface area contributed by atoms with E-state index in [1.165, 1.54) is 23.2 Å². The van der Waals surface area contributed by atoms with Crippen LogP contribution in [0, 0.1) is 13.8 Å². The fourth-order valence-corrected chi connectivity index (χ4v) is 3.63. The number of nitrogens with zero attached hydrogens (tertiary/aromatic N) is 4. The molecule has 3 aromatic heterocycles. The lowest BCUT2D eigenvalue weighted by molar-refractivity contribution is 0.0945. The van der Waals surface area contributed by atoms with Crippen LogP contribution in [0.15, 0.2) is 48.4 Å². The molecule has 26 heavy (non-hydrogen) atoms. The average molecular weight is 363 g/mol. The number of rotatable bonds is 4. The third-order valence-corrected chi connectivity index (χ3v) is 5.02. The van der Waals surface area contributed by atoms with Gasteiger partial charge in [0.25, 0.3) is 5.91 Å². The van der Waals surface area contributed by atoms with Crippen molar-refractivity contribution in [1.29, 1.82) is 0 Å². The molecule has 0 atom stereocenters. The number of fused-ring (bicyclic) bond motifs is 1. The minimum Gasteiger partial charge on any atom is -0.345 e. The first-order valence-corrected chi connectivity index (χ1v) is 9.07. The Hall–Kier alpha value is -3.06. The number of hydrogen-bond acceptors (Lipinski definition) is 5. The Morgan fingerprint density at radius 3 is 2.96 bits per heavy atom. The third kappa shape index (κ3) is 3.09.